The lowest BCUT2D eigenvalue weighted by molar-refractivity contribution is -0.137. The van der Waals surface area contributed by atoms with Crippen LogP contribution in [0.4, 0.5) is 0 Å². The van der Waals surface area contributed by atoms with Gasteiger partial charge in [-0.2, -0.15) is 5.10 Å². The normalized spacial score (nSPS) is 16.1. The fourth-order valence-electron chi connectivity index (χ4n) is 3.55. The van der Waals surface area contributed by atoms with Crippen molar-refractivity contribution in [3.8, 4) is 5.75 Å². The van der Waals surface area contributed by atoms with Crippen molar-refractivity contribution in [1.29, 1.82) is 0 Å². The summed E-state index contributed by atoms with van der Waals surface area (Å²) < 4.78 is 5.21. The summed E-state index contributed by atoms with van der Waals surface area (Å²) >= 11 is 0. The van der Waals surface area contributed by atoms with Crippen LogP contribution in [0.1, 0.15) is 49.6 Å². The standard InChI is InChI=1S/C20H27N3O2/c1-14-13-18(22-21-14)15-9-11-23(12-10-15)19(24)20(2,3)16-5-7-17(25-4)8-6-16/h5-8,13,15H,9-12H2,1-4H3,(H,21,22). The predicted octanol–water partition coefficient (Wildman–Crippen LogP) is 3.41. The number of carbonyl (C=O) groups excluding carboxylic acids is 1. The fraction of sp³-hybridized carbons (Fsp3) is 0.500. The molecule has 25 heavy (non-hydrogen) atoms. The van der Waals surface area contributed by atoms with Crippen molar-refractivity contribution in [2.75, 3.05) is 20.2 Å². The lowest BCUT2D eigenvalue weighted by atomic mass is 9.82. The van der Waals surface area contributed by atoms with E-state index in [2.05, 4.69) is 16.3 Å². The summed E-state index contributed by atoms with van der Waals surface area (Å²) in [5, 5.41) is 7.40. The number of ether oxygens (including phenoxy) is 1. The molecule has 1 N–H and O–H groups in total. The number of aryl methyl sites for hydroxylation is 1. The predicted molar refractivity (Wildman–Crippen MR) is 97.9 cm³/mol. The maximum absolute atomic E-state index is 13.1. The van der Waals surface area contributed by atoms with Crippen LogP contribution < -0.4 is 4.74 Å². The Morgan fingerprint density at radius 2 is 1.88 bits per heavy atom. The van der Waals surface area contributed by atoms with E-state index < -0.39 is 5.41 Å². The number of carbonyl (C=O) groups is 1. The van der Waals surface area contributed by atoms with Crippen LogP contribution in [-0.2, 0) is 10.2 Å². The second kappa shape index (κ2) is 6.90. The lowest BCUT2D eigenvalue weighted by Crippen LogP contribution is -2.46. The fourth-order valence-corrected chi connectivity index (χ4v) is 3.55. The third-order valence-electron chi connectivity index (χ3n) is 5.27. The van der Waals surface area contributed by atoms with Crippen LogP contribution in [0.5, 0.6) is 5.75 Å². The van der Waals surface area contributed by atoms with Crippen LogP contribution in [0, 0.1) is 6.92 Å². The van der Waals surface area contributed by atoms with Crippen molar-refractivity contribution in [2.24, 2.45) is 0 Å². The van der Waals surface area contributed by atoms with Crippen molar-refractivity contribution in [1.82, 2.24) is 15.1 Å². The zero-order valence-corrected chi connectivity index (χ0v) is 15.5. The number of hydrogen-bond donors (Lipinski definition) is 1. The maximum Gasteiger partial charge on any atom is 0.232 e. The Labute approximate surface area is 149 Å². The summed E-state index contributed by atoms with van der Waals surface area (Å²) in [5.74, 6) is 1.44. The number of piperidine rings is 1. The van der Waals surface area contributed by atoms with Gasteiger partial charge in [0.25, 0.3) is 0 Å². The van der Waals surface area contributed by atoms with Gasteiger partial charge in [0.15, 0.2) is 0 Å². The highest BCUT2D eigenvalue weighted by Crippen LogP contribution is 2.32. The van der Waals surface area contributed by atoms with Crippen molar-refractivity contribution in [3.63, 3.8) is 0 Å². The Hall–Kier alpha value is -2.30. The Kier molecular flexibility index (Phi) is 4.84. The van der Waals surface area contributed by atoms with Gasteiger partial charge in [0.05, 0.1) is 18.2 Å². The molecule has 0 atom stereocenters. The summed E-state index contributed by atoms with van der Waals surface area (Å²) in [6.07, 6.45) is 1.93. The number of amides is 1. The molecule has 1 aromatic carbocycles. The number of aromatic nitrogens is 2. The van der Waals surface area contributed by atoms with E-state index >= 15 is 0 Å². The number of nitrogens with zero attached hydrogens (tertiary/aromatic N) is 2. The van der Waals surface area contributed by atoms with Crippen molar-refractivity contribution < 1.29 is 9.53 Å². The van der Waals surface area contributed by atoms with Crippen LogP contribution in [0.15, 0.2) is 30.3 Å². The molecule has 0 unspecified atom stereocenters. The smallest absolute Gasteiger partial charge is 0.232 e. The minimum atomic E-state index is -0.540. The van der Waals surface area contributed by atoms with Crippen LogP contribution in [0.25, 0.3) is 0 Å². The number of likely N-dealkylation sites (tertiary alicyclic amines) is 1. The Bertz CT molecular complexity index is 726. The van der Waals surface area contributed by atoms with Gasteiger partial charge in [-0.3, -0.25) is 9.89 Å². The zero-order chi connectivity index (χ0) is 18.0. The number of H-pyrrole nitrogens is 1. The van der Waals surface area contributed by atoms with Crippen LogP contribution in [0.3, 0.4) is 0 Å². The second-order valence-electron chi connectivity index (χ2n) is 7.40. The molecule has 0 bridgehead atoms. The number of nitrogens with one attached hydrogen (secondary N) is 1. The Morgan fingerprint density at radius 1 is 1.24 bits per heavy atom. The average molecular weight is 341 g/mol. The number of benzene rings is 1. The first-order valence-electron chi connectivity index (χ1n) is 8.87. The molecular formula is C20H27N3O2. The summed E-state index contributed by atoms with van der Waals surface area (Å²) in [4.78, 5) is 15.1. The molecule has 0 spiro atoms. The molecule has 1 saturated heterocycles. The quantitative estimate of drug-likeness (QED) is 0.927. The molecule has 0 saturated carbocycles. The van der Waals surface area contributed by atoms with Gasteiger partial charge in [-0.1, -0.05) is 12.1 Å². The topological polar surface area (TPSA) is 58.2 Å². The zero-order valence-electron chi connectivity index (χ0n) is 15.5. The number of aromatic amines is 1. The molecule has 1 aliphatic heterocycles. The first-order chi connectivity index (χ1) is 11.9. The Morgan fingerprint density at radius 3 is 2.40 bits per heavy atom. The van der Waals surface area contributed by atoms with Crippen molar-refractivity contribution >= 4 is 5.91 Å². The van der Waals surface area contributed by atoms with Crippen LogP contribution >= 0.6 is 0 Å². The van der Waals surface area contributed by atoms with Crippen LogP contribution in [-0.4, -0.2) is 41.2 Å². The van der Waals surface area contributed by atoms with E-state index in [1.54, 1.807) is 7.11 Å². The number of hydrogen-bond acceptors (Lipinski definition) is 3. The molecule has 134 valence electrons. The summed E-state index contributed by atoms with van der Waals surface area (Å²) in [7, 11) is 1.65. The van der Waals surface area contributed by atoms with Crippen molar-refractivity contribution in [2.45, 2.75) is 44.9 Å². The van der Waals surface area contributed by atoms with Gasteiger partial charge >= 0.3 is 0 Å². The van der Waals surface area contributed by atoms with Crippen molar-refractivity contribution in [3.05, 3.63) is 47.3 Å². The van der Waals surface area contributed by atoms with Gasteiger partial charge in [0.2, 0.25) is 5.91 Å². The number of methoxy groups -OCH3 is 1. The van der Waals surface area contributed by atoms with E-state index in [4.69, 9.17) is 4.74 Å². The highest BCUT2D eigenvalue weighted by Gasteiger charge is 2.35. The molecule has 2 aromatic rings. The molecule has 1 amide bonds. The Balaban J connectivity index is 1.66. The highest BCUT2D eigenvalue weighted by atomic mass is 16.5. The number of rotatable bonds is 4. The molecule has 2 heterocycles. The van der Waals surface area contributed by atoms with Gasteiger partial charge in [-0.15, -0.1) is 0 Å². The first kappa shape index (κ1) is 17.5. The minimum absolute atomic E-state index is 0.189. The molecule has 3 rings (SSSR count). The van der Waals surface area contributed by atoms with Gasteiger partial charge in [-0.25, -0.2) is 0 Å². The van der Waals surface area contributed by atoms with Crippen LogP contribution in [0.2, 0.25) is 0 Å². The monoisotopic (exact) mass is 341 g/mol. The van der Waals surface area contributed by atoms with Gasteiger partial charge in [-0.05, 0) is 57.4 Å². The van der Waals surface area contributed by atoms with E-state index in [-0.39, 0.29) is 5.91 Å². The molecular weight excluding hydrogens is 314 g/mol. The molecule has 1 fully saturated rings. The minimum Gasteiger partial charge on any atom is -0.497 e. The third-order valence-corrected chi connectivity index (χ3v) is 5.27. The van der Waals surface area contributed by atoms with E-state index in [1.807, 2.05) is 49.9 Å². The largest absolute Gasteiger partial charge is 0.497 e. The molecule has 1 aromatic heterocycles. The lowest BCUT2D eigenvalue weighted by Gasteiger charge is -2.37. The van der Waals surface area contributed by atoms with E-state index in [0.717, 1.165) is 48.6 Å². The summed E-state index contributed by atoms with van der Waals surface area (Å²) in [6.45, 7) is 7.59. The molecule has 0 radical (unpaired) electrons. The average Bonchev–Trinajstić information content (AvgIpc) is 3.07. The van der Waals surface area contributed by atoms with Gasteiger partial charge in [0.1, 0.15) is 5.75 Å². The molecule has 5 nitrogen and oxygen atoms in total. The maximum atomic E-state index is 13.1. The van der Waals surface area contributed by atoms with Gasteiger partial charge < -0.3 is 9.64 Å². The first-order valence-corrected chi connectivity index (χ1v) is 8.87. The molecule has 0 aliphatic carbocycles. The van der Waals surface area contributed by atoms with E-state index in [0.29, 0.717) is 5.92 Å². The van der Waals surface area contributed by atoms with E-state index in [1.165, 1.54) is 0 Å². The summed E-state index contributed by atoms with van der Waals surface area (Å²) in [6, 6.07) is 9.91. The van der Waals surface area contributed by atoms with Gasteiger partial charge in [0, 0.05) is 24.7 Å². The van der Waals surface area contributed by atoms with E-state index in [9.17, 15) is 4.79 Å². The third kappa shape index (κ3) is 3.55. The summed E-state index contributed by atoms with van der Waals surface area (Å²) in [5.41, 5.74) is 2.69. The highest BCUT2D eigenvalue weighted by molar-refractivity contribution is 5.87. The molecule has 1 aliphatic rings. The second-order valence-corrected chi connectivity index (χ2v) is 7.40. The molecule has 5 heteroatoms. The SMILES string of the molecule is COc1ccc(C(C)(C)C(=O)N2CCC(c3cc(C)[nH]n3)CC2)cc1.